The summed E-state index contributed by atoms with van der Waals surface area (Å²) in [6.07, 6.45) is 45.0. The van der Waals surface area contributed by atoms with E-state index >= 15 is 0 Å². The number of amides is 1. The van der Waals surface area contributed by atoms with Gasteiger partial charge in [0.1, 0.15) is 19.3 Å². The summed E-state index contributed by atoms with van der Waals surface area (Å²) in [5.74, 6) is -0.293. The van der Waals surface area contributed by atoms with Crippen molar-refractivity contribution in [1.82, 2.24) is 5.32 Å². The van der Waals surface area contributed by atoms with Gasteiger partial charge in [0.05, 0.1) is 39.9 Å². The number of phosphoric acid groups is 1. The summed E-state index contributed by atoms with van der Waals surface area (Å²) in [4.78, 5) is 25.4. The maximum atomic E-state index is 12.9. The van der Waals surface area contributed by atoms with Crippen molar-refractivity contribution in [2.24, 2.45) is 0 Å². The molecule has 4 unspecified atom stereocenters. The average Bonchev–Trinajstić information content (AvgIpc) is 3.17. The first-order valence-electron chi connectivity index (χ1n) is 23.9. The Bertz CT molecular complexity index is 1060. The first-order chi connectivity index (χ1) is 27.9. The van der Waals surface area contributed by atoms with Gasteiger partial charge in [0.25, 0.3) is 7.82 Å². The lowest BCUT2D eigenvalue weighted by atomic mass is 10.0. The Kier molecular flexibility index (Phi) is 38.9. The van der Waals surface area contributed by atoms with E-state index in [1.807, 2.05) is 28.1 Å². The van der Waals surface area contributed by atoms with Crippen molar-refractivity contribution in [1.29, 1.82) is 0 Å². The van der Waals surface area contributed by atoms with E-state index in [0.29, 0.717) is 30.3 Å². The molecule has 0 aromatic carbocycles. The van der Waals surface area contributed by atoms with Crippen LogP contribution in [-0.2, 0) is 18.4 Å². The number of nitrogens with one attached hydrogen (secondary N) is 1. The fraction of sp³-hybridized carbons (Fsp3) is 0.854. The molecule has 342 valence electrons. The fourth-order valence-electron chi connectivity index (χ4n) is 6.94. The second-order valence-corrected chi connectivity index (χ2v) is 19.0. The van der Waals surface area contributed by atoms with Crippen molar-refractivity contribution in [3.05, 3.63) is 36.5 Å². The number of aliphatic hydroxyl groups excluding tert-OH is 2. The van der Waals surface area contributed by atoms with E-state index in [1.54, 1.807) is 0 Å². The Labute approximate surface area is 358 Å². The number of carbonyl (C=O) groups is 1. The summed E-state index contributed by atoms with van der Waals surface area (Å²) in [7, 11) is 1.10. The molecule has 0 aliphatic heterocycles. The zero-order chi connectivity index (χ0) is 43.0. The fourth-order valence-corrected chi connectivity index (χ4v) is 7.66. The molecule has 58 heavy (non-hydrogen) atoms. The highest BCUT2D eigenvalue weighted by molar-refractivity contribution is 7.45. The number of unbranched alkanes of at least 4 members (excludes halogenated alkanes) is 24. The summed E-state index contributed by atoms with van der Waals surface area (Å²) in [5, 5.41) is 24.6. The van der Waals surface area contributed by atoms with Gasteiger partial charge in [0.2, 0.25) is 5.91 Å². The molecule has 0 aromatic rings. The second kappa shape index (κ2) is 39.8. The minimum Gasteiger partial charge on any atom is -0.756 e. The van der Waals surface area contributed by atoms with Gasteiger partial charge in [-0.3, -0.25) is 9.36 Å². The van der Waals surface area contributed by atoms with Gasteiger partial charge in [-0.1, -0.05) is 178 Å². The molecule has 4 atom stereocenters. The third-order valence-corrected chi connectivity index (χ3v) is 11.7. The molecule has 9 nitrogen and oxygen atoms in total. The smallest absolute Gasteiger partial charge is 0.268 e. The average molecular weight is 841 g/mol. The molecule has 0 heterocycles. The Balaban J connectivity index is 4.36. The number of likely N-dealkylation sites (N-methyl/N-ethyl adjacent to an activating group) is 1. The number of rotatable bonds is 43. The lowest BCUT2D eigenvalue weighted by Crippen LogP contribution is -2.51. The molecule has 0 radical (unpaired) electrons. The van der Waals surface area contributed by atoms with Gasteiger partial charge < -0.3 is 34.0 Å². The van der Waals surface area contributed by atoms with Crippen LogP contribution >= 0.6 is 7.82 Å². The summed E-state index contributed by atoms with van der Waals surface area (Å²) >= 11 is 0. The maximum Gasteiger partial charge on any atom is 0.268 e. The quantitative estimate of drug-likeness (QED) is 0.0241. The SMILES string of the molecule is C/C=C/CC/C=C/CC/C=C/CCCC(O)C(O)C(COP(=O)([O-])OCC[N+](C)(C)C)NC(=O)CCCCCCCCCCCCCCCCCCCCCCCC. The van der Waals surface area contributed by atoms with Crippen molar-refractivity contribution < 1.29 is 38.0 Å². The van der Waals surface area contributed by atoms with Crippen molar-refractivity contribution in [2.45, 2.75) is 225 Å². The molecule has 0 spiro atoms. The molecule has 0 aliphatic rings. The van der Waals surface area contributed by atoms with E-state index in [1.165, 1.54) is 116 Å². The van der Waals surface area contributed by atoms with Crippen LogP contribution in [-0.4, -0.2) is 79.8 Å². The van der Waals surface area contributed by atoms with E-state index in [4.69, 9.17) is 9.05 Å². The molecule has 0 bridgehead atoms. The first-order valence-corrected chi connectivity index (χ1v) is 25.3. The number of hydrogen-bond donors (Lipinski definition) is 3. The highest BCUT2D eigenvalue weighted by Gasteiger charge is 2.29. The normalized spacial score (nSPS) is 15.1. The highest BCUT2D eigenvalue weighted by Crippen LogP contribution is 2.38. The summed E-state index contributed by atoms with van der Waals surface area (Å²) < 4.78 is 23.1. The summed E-state index contributed by atoms with van der Waals surface area (Å²) in [6, 6.07) is -1.10. The molecular weight excluding hydrogens is 748 g/mol. The summed E-state index contributed by atoms with van der Waals surface area (Å²) in [5.41, 5.74) is 0. The number of allylic oxidation sites excluding steroid dienone is 6. The zero-order valence-electron chi connectivity index (χ0n) is 38.4. The van der Waals surface area contributed by atoms with Crippen molar-refractivity contribution in [2.75, 3.05) is 40.9 Å². The van der Waals surface area contributed by atoms with Crippen LogP contribution in [0.15, 0.2) is 36.5 Å². The van der Waals surface area contributed by atoms with Crippen molar-refractivity contribution in [3.8, 4) is 0 Å². The van der Waals surface area contributed by atoms with Gasteiger partial charge in [-0.25, -0.2) is 0 Å². The van der Waals surface area contributed by atoms with Crippen LogP contribution in [0.2, 0.25) is 0 Å². The minimum absolute atomic E-state index is 0.0493. The molecule has 0 aliphatic carbocycles. The third-order valence-electron chi connectivity index (χ3n) is 10.8. The molecule has 0 saturated carbocycles. The van der Waals surface area contributed by atoms with Crippen LogP contribution in [0.3, 0.4) is 0 Å². The van der Waals surface area contributed by atoms with Gasteiger partial charge in [0.15, 0.2) is 0 Å². The predicted octanol–water partition coefficient (Wildman–Crippen LogP) is 11.8. The van der Waals surface area contributed by atoms with Gasteiger partial charge >= 0.3 is 0 Å². The second-order valence-electron chi connectivity index (χ2n) is 17.6. The molecule has 10 heteroatoms. The van der Waals surface area contributed by atoms with Crippen LogP contribution in [0.25, 0.3) is 0 Å². The molecule has 3 N–H and O–H groups in total. The lowest BCUT2D eigenvalue weighted by Gasteiger charge is -2.31. The molecule has 0 fully saturated rings. The van der Waals surface area contributed by atoms with Gasteiger partial charge in [0, 0.05) is 6.42 Å². The molecular formula is C48H93N2O7P. The van der Waals surface area contributed by atoms with Crippen LogP contribution in [0.5, 0.6) is 0 Å². The molecule has 0 saturated heterocycles. The van der Waals surface area contributed by atoms with Crippen molar-refractivity contribution >= 4 is 13.7 Å². The van der Waals surface area contributed by atoms with Crippen molar-refractivity contribution in [3.63, 3.8) is 0 Å². The lowest BCUT2D eigenvalue weighted by molar-refractivity contribution is -0.870. The Morgan fingerprint density at radius 1 is 0.638 bits per heavy atom. The minimum atomic E-state index is -4.68. The number of quaternary nitrogens is 1. The van der Waals surface area contributed by atoms with Crippen LogP contribution in [0.4, 0.5) is 0 Å². The highest BCUT2D eigenvalue weighted by atomic mass is 31.2. The molecule has 0 aromatic heterocycles. The topological polar surface area (TPSA) is 128 Å². The monoisotopic (exact) mass is 841 g/mol. The number of phosphoric ester groups is 1. The number of aliphatic hydroxyl groups is 2. The molecule has 0 rings (SSSR count). The maximum absolute atomic E-state index is 12.9. The van der Waals surface area contributed by atoms with E-state index in [0.717, 1.165) is 51.4 Å². The van der Waals surface area contributed by atoms with Gasteiger partial charge in [-0.2, -0.15) is 0 Å². The Morgan fingerprint density at radius 3 is 1.48 bits per heavy atom. The van der Waals surface area contributed by atoms with E-state index < -0.39 is 32.7 Å². The summed E-state index contributed by atoms with van der Waals surface area (Å²) in [6.45, 7) is 4.20. The number of carbonyl (C=O) groups excluding carboxylic acids is 1. The number of hydrogen-bond acceptors (Lipinski definition) is 7. The standard InChI is InChI=1S/C48H93N2O7P/c1-6-8-10-12-14-16-18-20-21-22-23-24-25-26-27-28-29-31-33-35-37-39-41-47(52)49-45(44-57-58(54,55)56-43-42-50(3,4)5)48(53)46(51)40-38-36-34-32-30-19-17-15-13-11-9-7-2/h7,9,15,17,32,34,45-46,48,51,53H,6,8,10-14,16,18-31,33,35-44H2,1-5H3,(H-,49,52,54,55)/b9-7+,17-15+,34-32+. The molecule has 1 amide bonds. The number of nitrogens with zero attached hydrogens (tertiary/aromatic N) is 1. The van der Waals surface area contributed by atoms with E-state index in [-0.39, 0.29) is 18.9 Å². The first kappa shape index (κ1) is 56.7. The Morgan fingerprint density at radius 2 is 1.05 bits per heavy atom. The van der Waals surface area contributed by atoms with Crippen LogP contribution in [0, 0.1) is 0 Å². The largest absolute Gasteiger partial charge is 0.756 e. The van der Waals surface area contributed by atoms with Gasteiger partial charge in [-0.05, 0) is 58.3 Å². The van der Waals surface area contributed by atoms with E-state index in [9.17, 15) is 24.5 Å². The predicted molar refractivity (Wildman–Crippen MR) is 244 cm³/mol. The zero-order valence-corrected chi connectivity index (χ0v) is 39.3. The Hall–Kier alpha value is -1.32. The van der Waals surface area contributed by atoms with E-state index in [2.05, 4.69) is 48.7 Å². The van der Waals surface area contributed by atoms with Crippen LogP contribution < -0.4 is 10.2 Å². The van der Waals surface area contributed by atoms with Crippen LogP contribution in [0.1, 0.15) is 206 Å². The third kappa shape index (κ3) is 40.1. The van der Waals surface area contributed by atoms with Gasteiger partial charge in [-0.15, -0.1) is 0 Å².